The minimum Gasteiger partial charge on any atom is -0.497 e. The summed E-state index contributed by atoms with van der Waals surface area (Å²) in [6.45, 7) is 3.13. The molecule has 21 heavy (non-hydrogen) atoms. The van der Waals surface area contributed by atoms with Crippen LogP contribution in [0.4, 0.5) is 0 Å². The van der Waals surface area contributed by atoms with Crippen LogP contribution in [0.25, 0.3) is 0 Å². The zero-order chi connectivity index (χ0) is 15.1. The number of rotatable bonds is 7. The average molecular weight is 348 g/mol. The van der Waals surface area contributed by atoms with Crippen LogP contribution in [0.5, 0.6) is 5.75 Å². The van der Waals surface area contributed by atoms with Gasteiger partial charge >= 0.3 is 0 Å². The van der Waals surface area contributed by atoms with Gasteiger partial charge in [-0.25, -0.2) is 0 Å². The van der Waals surface area contributed by atoms with E-state index in [0.29, 0.717) is 6.04 Å². The van der Waals surface area contributed by atoms with Crippen LogP contribution in [0, 0.1) is 0 Å². The summed E-state index contributed by atoms with van der Waals surface area (Å²) < 4.78 is 6.39. The Kier molecular flexibility index (Phi) is 6.27. The molecule has 3 heteroatoms. The Morgan fingerprint density at radius 3 is 2.38 bits per heavy atom. The zero-order valence-corrected chi connectivity index (χ0v) is 14.2. The van der Waals surface area contributed by atoms with E-state index < -0.39 is 0 Å². The maximum absolute atomic E-state index is 5.21. The van der Waals surface area contributed by atoms with E-state index in [9.17, 15) is 0 Å². The van der Waals surface area contributed by atoms with E-state index in [1.54, 1.807) is 7.11 Å². The topological polar surface area (TPSA) is 21.3 Å². The summed E-state index contributed by atoms with van der Waals surface area (Å²) >= 11 is 3.64. The first-order valence-corrected chi connectivity index (χ1v) is 8.12. The van der Waals surface area contributed by atoms with Crippen molar-refractivity contribution >= 4 is 15.9 Å². The van der Waals surface area contributed by atoms with Crippen LogP contribution in [0.2, 0.25) is 0 Å². The molecule has 1 unspecified atom stereocenters. The van der Waals surface area contributed by atoms with E-state index in [-0.39, 0.29) is 0 Å². The fourth-order valence-corrected chi connectivity index (χ4v) is 2.93. The normalized spacial score (nSPS) is 12.1. The molecule has 1 N–H and O–H groups in total. The molecule has 2 nitrogen and oxygen atoms in total. The Balaban J connectivity index is 2.06. The van der Waals surface area contributed by atoms with E-state index in [2.05, 4.69) is 64.6 Å². The lowest BCUT2D eigenvalue weighted by atomic mass is 9.99. The first kappa shape index (κ1) is 16.1. The minimum absolute atomic E-state index is 0.432. The van der Waals surface area contributed by atoms with Gasteiger partial charge in [-0.1, -0.05) is 53.2 Å². The monoisotopic (exact) mass is 347 g/mol. The first-order chi connectivity index (χ1) is 10.2. The second-order valence-corrected chi connectivity index (χ2v) is 5.96. The zero-order valence-electron chi connectivity index (χ0n) is 12.6. The standard InChI is InChI=1S/C18H22BrNO/c1-3-20-16(13-15-6-4-5-7-18(15)19)12-14-8-10-17(21-2)11-9-14/h4-11,16,20H,3,12-13H2,1-2H3. The van der Waals surface area contributed by atoms with Crippen molar-refractivity contribution in [1.29, 1.82) is 0 Å². The second kappa shape index (κ2) is 8.20. The van der Waals surface area contributed by atoms with Crippen LogP contribution in [0.15, 0.2) is 53.0 Å². The number of hydrogen-bond donors (Lipinski definition) is 1. The summed E-state index contributed by atoms with van der Waals surface area (Å²) in [5.74, 6) is 0.907. The maximum atomic E-state index is 5.21. The van der Waals surface area contributed by atoms with Crippen molar-refractivity contribution < 1.29 is 4.74 Å². The lowest BCUT2D eigenvalue weighted by Crippen LogP contribution is -2.33. The Labute approximate surface area is 135 Å². The van der Waals surface area contributed by atoms with Gasteiger partial charge in [-0.2, -0.15) is 0 Å². The van der Waals surface area contributed by atoms with Crippen molar-refractivity contribution in [3.8, 4) is 5.75 Å². The summed E-state index contributed by atoms with van der Waals surface area (Å²) in [4.78, 5) is 0. The third-order valence-electron chi connectivity index (χ3n) is 3.56. The fourth-order valence-electron chi connectivity index (χ4n) is 2.48. The molecule has 2 aromatic rings. The molecule has 0 aromatic heterocycles. The molecule has 0 saturated heterocycles. The molecule has 0 bridgehead atoms. The molecule has 0 aliphatic heterocycles. The molecule has 0 amide bonds. The third-order valence-corrected chi connectivity index (χ3v) is 4.33. The second-order valence-electron chi connectivity index (χ2n) is 5.10. The van der Waals surface area contributed by atoms with Gasteiger partial charge < -0.3 is 10.1 Å². The number of benzene rings is 2. The van der Waals surface area contributed by atoms with Crippen molar-refractivity contribution in [2.75, 3.05) is 13.7 Å². The van der Waals surface area contributed by atoms with Gasteiger partial charge in [-0.15, -0.1) is 0 Å². The first-order valence-electron chi connectivity index (χ1n) is 7.32. The van der Waals surface area contributed by atoms with Crippen LogP contribution in [0.3, 0.4) is 0 Å². The molecule has 1 atom stereocenters. The molecule has 2 rings (SSSR count). The molecule has 0 saturated carbocycles. The Hall–Kier alpha value is -1.32. The lowest BCUT2D eigenvalue weighted by Gasteiger charge is -2.19. The quantitative estimate of drug-likeness (QED) is 0.809. The van der Waals surface area contributed by atoms with Gasteiger partial charge in [-0.05, 0) is 48.7 Å². The van der Waals surface area contributed by atoms with E-state index in [0.717, 1.165) is 25.1 Å². The largest absolute Gasteiger partial charge is 0.497 e. The van der Waals surface area contributed by atoms with Crippen LogP contribution < -0.4 is 10.1 Å². The highest BCUT2D eigenvalue weighted by Gasteiger charge is 2.11. The number of likely N-dealkylation sites (N-methyl/N-ethyl adjacent to an activating group) is 1. The van der Waals surface area contributed by atoms with Gasteiger partial charge in [0.2, 0.25) is 0 Å². The van der Waals surface area contributed by atoms with Crippen LogP contribution >= 0.6 is 15.9 Å². The van der Waals surface area contributed by atoms with Crippen molar-refractivity contribution in [2.24, 2.45) is 0 Å². The smallest absolute Gasteiger partial charge is 0.118 e. The highest BCUT2D eigenvalue weighted by molar-refractivity contribution is 9.10. The average Bonchev–Trinajstić information content (AvgIpc) is 2.50. The van der Waals surface area contributed by atoms with Crippen molar-refractivity contribution in [1.82, 2.24) is 5.32 Å². The SMILES string of the molecule is CCNC(Cc1ccc(OC)cc1)Cc1ccccc1Br. The van der Waals surface area contributed by atoms with E-state index in [4.69, 9.17) is 4.74 Å². The Morgan fingerprint density at radius 1 is 1.05 bits per heavy atom. The number of nitrogens with one attached hydrogen (secondary N) is 1. The number of halogens is 1. The third kappa shape index (κ3) is 4.87. The Morgan fingerprint density at radius 2 is 1.76 bits per heavy atom. The number of ether oxygens (including phenoxy) is 1. The van der Waals surface area contributed by atoms with Crippen molar-refractivity contribution in [3.05, 3.63) is 64.1 Å². The molecule has 0 fully saturated rings. The van der Waals surface area contributed by atoms with Crippen molar-refractivity contribution in [3.63, 3.8) is 0 Å². The summed E-state index contributed by atoms with van der Waals surface area (Å²) in [5.41, 5.74) is 2.67. The van der Waals surface area contributed by atoms with Crippen LogP contribution in [-0.4, -0.2) is 19.7 Å². The van der Waals surface area contributed by atoms with Crippen molar-refractivity contribution in [2.45, 2.75) is 25.8 Å². The molecular weight excluding hydrogens is 326 g/mol. The van der Waals surface area contributed by atoms with Gasteiger partial charge in [0.1, 0.15) is 5.75 Å². The Bertz CT molecular complexity index is 553. The lowest BCUT2D eigenvalue weighted by molar-refractivity contribution is 0.414. The predicted molar refractivity (Wildman–Crippen MR) is 92.0 cm³/mol. The number of methoxy groups -OCH3 is 1. The number of hydrogen-bond acceptors (Lipinski definition) is 2. The summed E-state index contributed by atoms with van der Waals surface area (Å²) in [7, 11) is 1.70. The van der Waals surface area contributed by atoms with Crippen LogP contribution in [-0.2, 0) is 12.8 Å². The minimum atomic E-state index is 0.432. The summed E-state index contributed by atoms with van der Waals surface area (Å²) in [6, 6.07) is 17.2. The molecule has 0 heterocycles. The highest BCUT2D eigenvalue weighted by Crippen LogP contribution is 2.19. The van der Waals surface area contributed by atoms with Crippen LogP contribution in [0.1, 0.15) is 18.1 Å². The molecule has 2 aromatic carbocycles. The highest BCUT2D eigenvalue weighted by atomic mass is 79.9. The molecule has 0 aliphatic rings. The molecule has 0 aliphatic carbocycles. The fraction of sp³-hybridized carbons (Fsp3) is 0.333. The van der Waals surface area contributed by atoms with Gasteiger partial charge in [0, 0.05) is 10.5 Å². The van der Waals surface area contributed by atoms with Gasteiger partial charge in [-0.3, -0.25) is 0 Å². The molecule has 112 valence electrons. The maximum Gasteiger partial charge on any atom is 0.118 e. The molecule has 0 spiro atoms. The summed E-state index contributed by atoms with van der Waals surface area (Å²) in [6.07, 6.45) is 2.03. The van der Waals surface area contributed by atoms with E-state index >= 15 is 0 Å². The summed E-state index contributed by atoms with van der Waals surface area (Å²) in [5, 5.41) is 3.58. The van der Waals surface area contributed by atoms with Gasteiger partial charge in [0.15, 0.2) is 0 Å². The van der Waals surface area contributed by atoms with E-state index in [1.807, 2.05) is 12.1 Å². The predicted octanol–water partition coefficient (Wildman–Crippen LogP) is 4.22. The van der Waals surface area contributed by atoms with E-state index in [1.165, 1.54) is 15.6 Å². The molecule has 0 radical (unpaired) electrons. The molecular formula is C18H22BrNO. The van der Waals surface area contributed by atoms with Gasteiger partial charge in [0.25, 0.3) is 0 Å². The van der Waals surface area contributed by atoms with Gasteiger partial charge in [0.05, 0.1) is 7.11 Å².